The van der Waals surface area contributed by atoms with E-state index >= 15 is 0 Å². The number of benzene rings is 1. The van der Waals surface area contributed by atoms with Crippen LogP contribution in [0.15, 0.2) is 58.5 Å². The highest BCUT2D eigenvalue weighted by Crippen LogP contribution is 2.37. The first-order valence-electron chi connectivity index (χ1n) is 7.91. The number of halogens is 1. The summed E-state index contributed by atoms with van der Waals surface area (Å²) in [5.41, 5.74) is 4.90. The lowest BCUT2D eigenvalue weighted by molar-refractivity contribution is -0.125. The third-order valence-corrected chi connectivity index (χ3v) is 5.10. The van der Waals surface area contributed by atoms with Gasteiger partial charge in [0.15, 0.2) is 0 Å². The van der Waals surface area contributed by atoms with Crippen LogP contribution in [0.2, 0.25) is 0 Å². The maximum Gasteiger partial charge on any atom is 0.244 e. The highest BCUT2D eigenvalue weighted by molar-refractivity contribution is 7.11. The summed E-state index contributed by atoms with van der Waals surface area (Å²) in [5.74, 6) is -0.503. The average Bonchev–Trinajstić information content (AvgIpc) is 3.09. The molecule has 1 aliphatic carbocycles. The van der Waals surface area contributed by atoms with E-state index in [0.717, 1.165) is 16.9 Å². The third-order valence-electron chi connectivity index (χ3n) is 4.29. The van der Waals surface area contributed by atoms with Crippen molar-refractivity contribution in [1.29, 1.82) is 0 Å². The molecule has 2 atom stereocenters. The number of carbonyl (C=O) groups is 1. The predicted molar refractivity (Wildman–Crippen MR) is 95.7 cm³/mol. The van der Waals surface area contributed by atoms with E-state index in [0.29, 0.717) is 6.42 Å². The van der Waals surface area contributed by atoms with E-state index in [9.17, 15) is 9.18 Å². The molecule has 0 spiro atoms. The Labute approximate surface area is 144 Å². The number of nitrogens with zero attached hydrogens (tertiary/aromatic N) is 1. The molecule has 1 aromatic carbocycles. The van der Waals surface area contributed by atoms with Gasteiger partial charge in [0.25, 0.3) is 0 Å². The van der Waals surface area contributed by atoms with Crippen LogP contribution in [0.25, 0.3) is 0 Å². The molecule has 0 aliphatic heterocycles. The topological polar surface area (TPSA) is 41.5 Å². The number of hydrogen-bond acceptors (Lipinski definition) is 3. The van der Waals surface area contributed by atoms with Gasteiger partial charge in [0.05, 0.1) is 12.1 Å². The van der Waals surface area contributed by atoms with Crippen LogP contribution in [0, 0.1) is 11.7 Å². The Bertz CT molecular complexity index is 750. The molecule has 1 aliphatic rings. The SMILES string of the molecule is CC1=CC[C@@H](C(=O)N/N=C\c2cccs2)[C@@H](c2ccc(F)cc2)C1. The fourth-order valence-corrected chi connectivity index (χ4v) is 3.61. The quantitative estimate of drug-likeness (QED) is 0.497. The first kappa shape index (κ1) is 16.6. The van der Waals surface area contributed by atoms with Gasteiger partial charge < -0.3 is 0 Å². The Kier molecular flexibility index (Phi) is 5.20. The van der Waals surface area contributed by atoms with Gasteiger partial charge in [-0.1, -0.05) is 29.8 Å². The Morgan fingerprint density at radius 2 is 2.12 bits per heavy atom. The Balaban J connectivity index is 1.73. The molecular formula is C19H19FN2OS. The van der Waals surface area contributed by atoms with Crippen molar-refractivity contribution in [2.24, 2.45) is 11.0 Å². The van der Waals surface area contributed by atoms with Gasteiger partial charge in [-0.3, -0.25) is 4.79 Å². The van der Waals surface area contributed by atoms with Gasteiger partial charge in [-0.2, -0.15) is 5.10 Å². The van der Waals surface area contributed by atoms with Crippen molar-refractivity contribution in [1.82, 2.24) is 5.43 Å². The lowest BCUT2D eigenvalue weighted by Crippen LogP contribution is -2.32. The van der Waals surface area contributed by atoms with Crippen LogP contribution in [-0.2, 0) is 4.79 Å². The van der Waals surface area contributed by atoms with E-state index in [2.05, 4.69) is 23.5 Å². The van der Waals surface area contributed by atoms with Crippen molar-refractivity contribution in [3.05, 3.63) is 69.7 Å². The van der Waals surface area contributed by atoms with E-state index in [1.54, 1.807) is 29.7 Å². The van der Waals surface area contributed by atoms with Gasteiger partial charge >= 0.3 is 0 Å². The molecule has 0 radical (unpaired) electrons. The summed E-state index contributed by atoms with van der Waals surface area (Å²) in [6, 6.07) is 10.3. The third kappa shape index (κ3) is 3.97. The number of nitrogens with one attached hydrogen (secondary N) is 1. The van der Waals surface area contributed by atoms with E-state index in [-0.39, 0.29) is 23.6 Å². The summed E-state index contributed by atoms with van der Waals surface area (Å²) in [4.78, 5) is 13.5. The molecule has 0 fully saturated rings. The zero-order chi connectivity index (χ0) is 16.9. The number of rotatable bonds is 4. The highest BCUT2D eigenvalue weighted by atomic mass is 32.1. The normalized spacial score (nSPS) is 20.8. The van der Waals surface area contributed by atoms with E-state index in [4.69, 9.17) is 0 Å². The van der Waals surface area contributed by atoms with Crippen LogP contribution in [0.5, 0.6) is 0 Å². The van der Waals surface area contributed by atoms with Crippen LogP contribution < -0.4 is 5.43 Å². The van der Waals surface area contributed by atoms with Crippen molar-refractivity contribution >= 4 is 23.5 Å². The monoisotopic (exact) mass is 342 g/mol. The zero-order valence-corrected chi connectivity index (χ0v) is 14.2. The second-order valence-corrected chi connectivity index (χ2v) is 6.98. The molecule has 3 rings (SSSR count). The van der Waals surface area contributed by atoms with E-state index in [1.807, 2.05) is 17.5 Å². The average molecular weight is 342 g/mol. The lowest BCUT2D eigenvalue weighted by Gasteiger charge is -2.29. The second kappa shape index (κ2) is 7.53. The lowest BCUT2D eigenvalue weighted by atomic mass is 9.75. The zero-order valence-electron chi connectivity index (χ0n) is 13.4. The van der Waals surface area contributed by atoms with Crippen molar-refractivity contribution in [2.75, 3.05) is 0 Å². The summed E-state index contributed by atoms with van der Waals surface area (Å²) in [6.07, 6.45) is 5.24. The largest absolute Gasteiger partial charge is 0.273 e. The van der Waals surface area contributed by atoms with Crippen LogP contribution in [-0.4, -0.2) is 12.1 Å². The Morgan fingerprint density at radius 3 is 2.83 bits per heavy atom. The Morgan fingerprint density at radius 1 is 1.33 bits per heavy atom. The van der Waals surface area contributed by atoms with Crippen molar-refractivity contribution in [3.63, 3.8) is 0 Å². The van der Waals surface area contributed by atoms with Gasteiger partial charge in [-0.15, -0.1) is 11.3 Å². The van der Waals surface area contributed by atoms with Crippen LogP contribution in [0.1, 0.15) is 36.1 Å². The smallest absolute Gasteiger partial charge is 0.244 e. The molecule has 5 heteroatoms. The molecule has 0 saturated heterocycles. The Hall–Kier alpha value is -2.27. The number of thiophene rings is 1. The minimum absolute atomic E-state index is 0.0486. The molecule has 1 heterocycles. The van der Waals surface area contributed by atoms with Gasteiger partial charge in [0, 0.05) is 4.88 Å². The number of amides is 1. The first-order chi connectivity index (χ1) is 11.6. The summed E-state index contributed by atoms with van der Waals surface area (Å²) >= 11 is 1.56. The van der Waals surface area contributed by atoms with Gasteiger partial charge in [-0.05, 0) is 54.8 Å². The maximum atomic E-state index is 13.2. The summed E-state index contributed by atoms with van der Waals surface area (Å²) < 4.78 is 13.2. The van der Waals surface area contributed by atoms with Gasteiger partial charge in [-0.25, -0.2) is 9.82 Å². The molecule has 1 aromatic heterocycles. The van der Waals surface area contributed by atoms with E-state index < -0.39 is 0 Å². The van der Waals surface area contributed by atoms with Crippen LogP contribution >= 0.6 is 11.3 Å². The van der Waals surface area contributed by atoms with Crippen LogP contribution in [0.4, 0.5) is 4.39 Å². The van der Waals surface area contributed by atoms with Crippen molar-refractivity contribution in [2.45, 2.75) is 25.7 Å². The first-order valence-corrected chi connectivity index (χ1v) is 8.79. The molecule has 0 bridgehead atoms. The minimum atomic E-state index is -0.261. The molecule has 1 amide bonds. The summed E-state index contributed by atoms with van der Waals surface area (Å²) in [7, 11) is 0. The fourth-order valence-electron chi connectivity index (χ4n) is 3.02. The second-order valence-electron chi connectivity index (χ2n) is 6.00. The number of allylic oxidation sites excluding steroid dienone is 2. The number of hydrazone groups is 1. The molecular weight excluding hydrogens is 323 g/mol. The molecule has 2 aromatic rings. The molecule has 3 nitrogen and oxygen atoms in total. The fraction of sp³-hybridized carbons (Fsp3) is 0.263. The standard InChI is InChI=1S/C19H19FN2OS/c1-13-4-9-17(18(11-13)14-5-7-15(20)8-6-14)19(23)22-21-12-16-3-2-10-24-16/h2-8,10,12,17-18H,9,11H2,1H3,(H,22,23)/b21-12-/t17-,18-/m1/s1. The predicted octanol–water partition coefficient (Wildman–Crippen LogP) is 4.48. The van der Waals surface area contributed by atoms with Crippen molar-refractivity contribution in [3.8, 4) is 0 Å². The van der Waals surface area contributed by atoms with Crippen molar-refractivity contribution < 1.29 is 9.18 Å². The summed E-state index contributed by atoms with van der Waals surface area (Å²) in [5, 5.41) is 6.02. The molecule has 0 saturated carbocycles. The van der Waals surface area contributed by atoms with Crippen LogP contribution in [0.3, 0.4) is 0 Å². The number of carbonyl (C=O) groups excluding carboxylic acids is 1. The number of hydrogen-bond donors (Lipinski definition) is 1. The molecule has 24 heavy (non-hydrogen) atoms. The minimum Gasteiger partial charge on any atom is -0.273 e. The van der Waals surface area contributed by atoms with Gasteiger partial charge in [0.1, 0.15) is 5.82 Å². The molecule has 124 valence electrons. The highest BCUT2D eigenvalue weighted by Gasteiger charge is 2.31. The molecule has 1 N–H and O–H groups in total. The molecule has 0 unspecified atom stereocenters. The van der Waals surface area contributed by atoms with Gasteiger partial charge in [0.2, 0.25) is 5.91 Å². The summed E-state index contributed by atoms with van der Waals surface area (Å²) in [6.45, 7) is 2.07. The van der Waals surface area contributed by atoms with E-state index in [1.165, 1.54) is 17.7 Å². The maximum absolute atomic E-state index is 13.2.